The average Bonchev–Trinajstić information content (AvgIpc) is 2.86. The Morgan fingerprint density at radius 2 is 2.11 bits per heavy atom. The van der Waals surface area contributed by atoms with Gasteiger partial charge in [-0.25, -0.2) is 9.97 Å². The summed E-state index contributed by atoms with van der Waals surface area (Å²) >= 11 is 1.56. The van der Waals surface area contributed by atoms with E-state index in [1.807, 2.05) is 18.2 Å². The lowest BCUT2D eigenvalue weighted by atomic mass is 10.3. The maximum absolute atomic E-state index is 10.7. The fraction of sp³-hybridized carbons (Fsp3) is 0. The van der Waals surface area contributed by atoms with Crippen LogP contribution in [0, 0.1) is 10.1 Å². The van der Waals surface area contributed by atoms with Crippen LogP contribution in [0.25, 0.3) is 10.2 Å². The number of nitrogens with zero attached hydrogens (tertiary/aromatic N) is 3. The van der Waals surface area contributed by atoms with Crippen molar-refractivity contribution in [2.24, 2.45) is 0 Å². The Kier molecular flexibility index (Phi) is 2.81. The zero-order valence-corrected chi connectivity index (χ0v) is 10.4. The van der Waals surface area contributed by atoms with Crippen molar-refractivity contribution in [1.29, 1.82) is 0 Å². The van der Waals surface area contributed by atoms with Gasteiger partial charge in [0, 0.05) is 18.0 Å². The molecule has 0 fully saturated rings. The third kappa shape index (κ3) is 2.36. The number of thiazole rings is 1. The van der Waals surface area contributed by atoms with Crippen LogP contribution in [0.4, 0.5) is 17.2 Å². The molecule has 1 aromatic carbocycles. The molecule has 0 unspecified atom stereocenters. The zero-order chi connectivity index (χ0) is 13.2. The molecular weight excluding hydrogens is 264 g/mol. The number of fused-ring (bicyclic) bond motifs is 1. The molecule has 3 aromatic rings. The number of nitro groups is 1. The maximum Gasteiger partial charge on any atom is 0.274 e. The van der Waals surface area contributed by atoms with E-state index in [-0.39, 0.29) is 5.69 Å². The summed E-state index contributed by atoms with van der Waals surface area (Å²) in [6, 6.07) is 8.47. The number of anilines is 2. The van der Waals surface area contributed by atoms with Gasteiger partial charge in [-0.1, -0.05) is 0 Å². The second kappa shape index (κ2) is 4.62. The van der Waals surface area contributed by atoms with Gasteiger partial charge in [0.2, 0.25) is 0 Å². The lowest BCUT2D eigenvalue weighted by Gasteiger charge is -2.04. The van der Waals surface area contributed by atoms with Crippen LogP contribution in [-0.2, 0) is 0 Å². The molecule has 0 spiro atoms. The van der Waals surface area contributed by atoms with Crippen molar-refractivity contribution in [3.63, 3.8) is 0 Å². The first kappa shape index (κ1) is 11.5. The van der Waals surface area contributed by atoms with Crippen molar-refractivity contribution < 1.29 is 4.92 Å². The summed E-state index contributed by atoms with van der Waals surface area (Å²) < 4.78 is 1.09. The summed E-state index contributed by atoms with van der Waals surface area (Å²) in [6.45, 7) is 0. The zero-order valence-electron chi connectivity index (χ0n) is 9.61. The average molecular weight is 272 g/mol. The number of nitrogens with one attached hydrogen (secondary N) is 1. The minimum Gasteiger partial charge on any atom is -0.340 e. The molecule has 7 heteroatoms. The van der Waals surface area contributed by atoms with Crippen molar-refractivity contribution in [2.75, 3.05) is 5.32 Å². The van der Waals surface area contributed by atoms with Crippen LogP contribution < -0.4 is 5.32 Å². The lowest BCUT2D eigenvalue weighted by Crippen LogP contribution is -1.95. The fourth-order valence-corrected chi connectivity index (χ4v) is 2.34. The van der Waals surface area contributed by atoms with E-state index in [1.165, 1.54) is 18.3 Å². The van der Waals surface area contributed by atoms with Gasteiger partial charge in [0.25, 0.3) is 5.69 Å². The van der Waals surface area contributed by atoms with Gasteiger partial charge in [-0.15, -0.1) is 11.3 Å². The number of rotatable bonds is 3. The van der Waals surface area contributed by atoms with Gasteiger partial charge in [-0.05, 0) is 18.2 Å². The Morgan fingerprint density at radius 1 is 1.21 bits per heavy atom. The Hall–Kier alpha value is -2.54. The van der Waals surface area contributed by atoms with Crippen molar-refractivity contribution in [3.05, 3.63) is 52.2 Å². The van der Waals surface area contributed by atoms with Gasteiger partial charge in [0.1, 0.15) is 5.82 Å². The summed E-state index contributed by atoms with van der Waals surface area (Å²) in [5.41, 5.74) is 3.47. The molecule has 0 saturated heterocycles. The van der Waals surface area contributed by atoms with Crippen LogP contribution in [0.1, 0.15) is 0 Å². The first-order valence-electron chi connectivity index (χ1n) is 5.43. The van der Waals surface area contributed by atoms with E-state index in [0.29, 0.717) is 5.82 Å². The van der Waals surface area contributed by atoms with E-state index in [1.54, 1.807) is 16.8 Å². The second-order valence-corrected chi connectivity index (χ2v) is 4.70. The smallest absolute Gasteiger partial charge is 0.274 e. The van der Waals surface area contributed by atoms with E-state index in [4.69, 9.17) is 0 Å². The first-order chi connectivity index (χ1) is 9.22. The van der Waals surface area contributed by atoms with Crippen molar-refractivity contribution >= 4 is 38.7 Å². The highest BCUT2D eigenvalue weighted by atomic mass is 32.1. The summed E-state index contributed by atoms with van der Waals surface area (Å²) in [6.07, 6.45) is 1.40. The Morgan fingerprint density at radius 3 is 2.95 bits per heavy atom. The molecule has 0 aliphatic rings. The molecule has 6 nitrogen and oxygen atoms in total. The molecular formula is C12H8N4O2S. The Balaban J connectivity index is 1.91. The highest BCUT2D eigenvalue weighted by Gasteiger charge is 2.07. The largest absolute Gasteiger partial charge is 0.340 e. The first-order valence-corrected chi connectivity index (χ1v) is 6.31. The molecule has 2 heterocycles. The molecule has 0 amide bonds. The predicted octanol–water partition coefficient (Wildman–Crippen LogP) is 3.34. The molecule has 3 rings (SSSR count). The fourth-order valence-electron chi connectivity index (χ4n) is 1.68. The molecule has 0 aliphatic carbocycles. The minimum atomic E-state index is -0.448. The van der Waals surface area contributed by atoms with Gasteiger partial charge in [0.05, 0.1) is 26.7 Å². The SMILES string of the molecule is O=[N+]([O-])c1ccnc(Nc2ccc3scnc3c2)c1. The predicted molar refractivity (Wildman–Crippen MR) is 73.8 cm³/mol. The van der Waals surface area contributed by atoms with Crippen LogP contribution in [0.2, 0.25) is 0 Å². The van der Waals surface area contributed by atoms with E-state index >= 15 is 0 Å². The molecule has 0 saturated carbocycles. The quantitative estimate of drug-likeness (QED) is 0.584. The number of hydrogen-bond donors (Lipinski definition) is 1. The molecule has 1 N–H and O–H groups in total. The monoisotopic (exact) mass is 272 g/mol. The molecule has 0 bridgehead atoms. The van der Waals surface area contributed by atoms with Crippen LogP contribution in [0.3, 0.4) is 0 Å². The normalized spacial score (nSPS) is 10.5. The summed E-state index contributed by atoms with van der Waals surface area (Å²) in [7, 11) is 0. The van der Waals surface area contributed by atoms with E-state index in [0.717, 1.165) is 15.9 Å². The summed E-state index contributed by atoms with van der Waals surface area (Å²) in [4.78, 5) is 18.5. The third-order valence-electron chi connectivity index (χ3n) is 2.56. The van der Waals surface area contributed by atoms with Crippen molar-refractivity contribution in [3.8, 4) is 0 Å². The second-order valence-electron chi connectivity index (χ2n) is 3.82. The lowest BCUT2D eigenvalue weighted by molar-refractivity contribution is -0.384. The third-order valence-corrected chi connectivity index (χ3v) is 3.37. The van der Waals surface area contributed by atoms with E-state index in [9.17, 15) is 10.1 Å². The number of pyridine rings is 1. The summed E-state index contributed by atoms with van der Waals surface area (Å²) in [5, 5.41) is 13.7. The highest BCUT2D eigenvalue weighted by molar-refractivity contribution is 7.16. The topological polar surface area (TPSA) is 81.0 Å². The molecule has 0 aliphatic heterocycles. The molecule has 19 heavy (non-hydrogen) atoms. The Labute approximate surface area is 111 Å². The molecule has 94 valence electrons. The van der Waals surface area contributed by atoms with E-state index in [2.05, 4.69) is 15.3 Å². The van der Waals surface area contributed by atoms with Gasteiger partial charge < -0.3 is 5.32 Å². The van der Waals surface area contributed by atoms with Gasteiger partial charge in [-0.2, -0.15) is 0 Å². The summed E-state index contributed by atoms with van der Waals surface area (Å²) in [5.74, 6) is 0.434. The van der Waals surface area contributed by atoms with Crippen molar-refractivity contribution in [2.45, 2.75) is 0 Å². The molecule has 0 radical (unpaired) electrons. The van der Waals surface area contributed by atoms with Crippen LogP contribution in [-0.4, -0.2) is 14.9 Å². The number of aromatic nitrogens is 2. The van der Waals surface area contributed by atoms with Gasteiger partial charge in [0.15, 0.2) is 0 Å². The van der Waals surface area contributed by atoms with Gasteiger partial charge in [-0.3, -0.25) is 10.1 Å². The van der Waals surface area contributed by atoms with Crippen LogP contribution in [0.5, 0.6) is 0 Å². The molecule has 0 atom stereocenters. The van der Waals surface area contributed by atoms with Crippen LogP contribution in [0.15, 0.2) is 42.0 Å². The maximum atomic E-state index is 10.7. The highest BCUT2D eigenvalue weighted by Crippen LogP contribution is 2.24. The van der Waals surface area contributed by atoms with Gasteiger partial charge >= 0.3 is 0 Å². The van der Waals surface area contributed by atoms with E-state index < -0.39 is 4.92 Å². The Bertz CT molecular complexity index is 756. The number of benzene rings is 1. The van der Waals surface area contributed by atoms with Crippen LogP contribution >= 0.6 is 11.3 Å². The minimum absolute atomic E-state index is 0.00670. The number of hydrogen-bond acceptors (Lipinski definition) is 6. The molecule has 2 aromatic heterocycles. The standard InChI is InChI=1S/C12H8N4O2S/c17-16(18)9-3-4-13-12(6-9)15-8-1-2-11-10(5-8)14-7-19-11/h1-7H,(H,13,15). The van der Waals surface area contributed by atoms with Crippen molar-refractivity contribution in [1.82, 2.24) is 9.97 Å².